The van der Waals surface area contributed by atoms with E-state index in [-0.39, 0.29) is 11.1 Å². The lowest BCUT2D eigenvalue weighted by Gasteiger charge is -2.16. The number of benzene rings is 1. The summed E-state index contributed by atoms with van der Waals surface area (Å²) in [5, 5.41) is 3.74. The van der Waals surface area contributed by atoms with Gasteiger partial charge in [-0.2, -0.15) is 0 Å². The molecule has 100 valence electrons. The van der Waals surface area contributed by atoms with Crippen molar-refractivity contribution in [2.24, 2.45) is 0 Å². The Morgan fingerprint density at radius 2 is 2.17 bits per heavy atom. The van der Waals surface area contributed by atoms with Crippen molar-refractivity contribution >= 4 is 23.2 Å². The molecule has 0 aliphatic rings. The maximum Gasteiger partial charge on any atom is 0.142 e. The van der Waals surface area contributed by atoms with Crippen LogP contribution in [0.1, 0.15) is 24.9 Å². The molecule has 0 amide bonds. The van der Waals surface area contributed by atoms with Gasteiger partial charge in [0.15, 0.2) is 0 Å². The van der Waals surface area contributed by atoms with Crippen molar-refractivity contribution in [1.82, 2.24) is 5.32 Å². The fraction of sp³-hybridized carbons (Fsp3) is 0.385. The van der Waals surface area contributed by atoms with E-state index in [9.17, 15) is 4.39 Å². The Balaban J connectivity index is 2.53. The molecule has 18 heavy (non-hydrogen) atoms. The average molecular weight is 292 g/mol. The highest BCUT2D eigenvalue weighted by atomic mass is 35.5. The zero-order valence-corrected chi connectivity index (χ0v) is 11.7. The maximum absolute atomic E-state index is 13.4. The van der Waals surface area contributed by atoms with Gasteiger partial charge in [0.25, 0.3) is 0 Å². The van der Waals surface area contributed by atoms with Crippen molar-refractivity contribution in [3.8, 4) is 0 Å². The van der Waals surface area contributed by atoms with Crippen LogP contribution >= 0.6 is 23.2 Å². The van der Waals surface area contributed by atoms with Crippen LogP contribution in [0.3, 0.4) is 0 Å². The Labute approximate surface area is 117 Å². The Morgan fingerprint density at radius 1 is 1.44 bits per heavy atom. The highest BCUT2D eigenvalue weighted by Crippen LogP contribution is 2.28. The number of hydrogen-bond acceptors (Lipinski definition) is 2. The Bertz CT molecular complexity index is 412. The number of rotatable bonds is 7. The summed E-state index contributed by atoms with van der Waals surface area (Å²) in [7, 11) is 0. The van der Waals surface area contributed by atoms with Gasteiger partial charge in [-0.1, -0.05) is 29.8 Å². The van der Waals surface area contributed by atoms with E-state index in [0.717, 1.165) is 13.0 Å². The van der Waals surface area contributed by atoms with Crippen LogP contribution in [0, 0.1) is 5.82 Å². The summed E-state index contributed by atoms with van der Waals surface area (Å²) in [6, 6.07) is 2.74. The van der Waals surface area contributed by atoms with Crippen LogP contribution in [0.2, 0.25) is 10.0 Å². The quantitative estimate of drug-likeness (QED) is 0.459. The minimum atomic E-state index is -0.459. The van der Waals surface area contributed by atoms with Crippen molar-refractivity contribution in [2.75, 3.05) is 13.2 Å². The van der Waals surface area contributed by atoms with Gasteiger partial charge in [0.05, 0.1) is 17.9 Å². The number of ether oxygens (including phenoxy) is 1. The highest BCUT2D eigenvalue weighted by Gasteiger charge is 2.12. The predicted octanol–water partition coefficient (Wildman–Crippen LogP) is 4.33. The van der Waals surface area contributed by atoms with Crippen LogP contribution in [0.25, 0.3) is 0 Å². The summed E-state index contributed by atoms with van der Waals surface area (Å²) >= 11 is 11.7. The molecule has 1 atom stereocenters. The van der Waals surface area contributed by atoms with Gasteiger partial charge in [0.1, 0.15) is 5.82 Å². The Morgan fingerprint density at radius 3 is 2.83 bits per heavy atom. The van der Waals surface area contributed by atoms with E-state index in [4.69, 9.17) is 27.9 Å². The minimum Gasteiger partial charge on any atom is -0.502 e. The van der Waals surface area contributed by atoms with Crippen molar-refractivity contribution in [3.05, 3.63) is 46.4 Å². The summed E-state index contributed by atoms with van der Waals surface area (Å²) in [5.41, 5.74) is 0.697. The van der Waals surface area contributed by atoms with Crippen molar-refractivity contribution < 1.29 is 9.13 Å². The molecule has 1 rings (SSSR count). The molecule has 0 radical (unpaired) electrons. The normalized spacial score (nSPS) is 12.2. The van der Waals surface area contributed by atoms with E-state index in [1.165, 1.54) is 18.4 Å². The second-order valence-electron chi connectivity index (χ2n) is 3.85. The van der Waals surface area contributed by atoms with Gasteiger partial charge in [-0.25, -0.2) is 4.39 Å². The van der Waals surface area contributed by atoms with Gasteiger partial charge in [0, 0.05) is 11.1 Å². The fourth-order valence-electron chi connectivity index (χ4n) is 1.54. The number of hydrogen-bond donors (Lipinski definition) is 1. The predicted molar refractivity (Wildman–Crippen MR) is 73.6 cm³/mol. The van der Waals surface area contributed by atoms with Gasteiger partial charge in [0.2, 0.25) is 0 Å². The van der Waals surface area contributed by atoms with E-state index < -0.39 is 5.82 Å². The summed E-state index contributed by atoms with van der Waals surface area (Å²) in [4.78, 5) is 0. The van der Waals surface area contributed by atoms with Gasteiger partial charge >= 0.3 is 0 Å². The lowest BCUT2D eigenvalue weighted by Crippen LogP contribution is -2.21. The molecule has 0 heterocycles. The van der Waals surface area contributed by atoms with Crippen molar-refractivity contribution in [2.45, 2.75) is 19.4 Å². The van der Waals surface area contributed by atoms with Crippen LogP contribution in [0.5, 0.6) is 0 Å². The molecule has 0 aromatic heterocycles. The topological polar surface area (TPSA) is 21.3 Å². The molecule has 0 saturated heterocycles. The van der Waals surface area contributed by atoms with Crippen LogP contribution in [0.4, 0.5) is 4.39 Å². The van der Waals surface area contributed by atoms with E-state index in [0.29, 0.717) is 17.2 Å². The van der Waals surface area contributed by atoms with Crippen LogP contribution in [-0.2, 0) is 4.74 Å². The summed E-state index contributed by atoms with van der Waals surface area (Å²) in [6.07, 6.45) is 2.25. The lowest BCUT2D eigenvalue weighted by atomic mass is 10.1. The summed E-state index contributed by atoms with van der Waals surface area (Å²) < 4.78 is 18.4. The molecule has 5 heteroatoms. The molecule has 0 saturated carbocycles. The van der Waals surface area contributed by atoms with E-state index in [1.54, 1.807) is 0 Å². The van der Waals surface area contributed by atoms with Gasteiger partial charge < -0.3 is 10.1 Å². The monoisotopic (exact) mass is 291 g/mol. The third-order valence-corrected chi connectivity index (χ3v) is 3.13. The van der Waals surface area contributed by atoms with Gasteiger partial charge in [-0.3, -0.25) is 0 Å². The van der Waals surface area contributed by atoms with Crippen molar-refractivity contribution in [1.29, 1.82) is 0 Å². The molecule has 1 aromatic rings. The van der Waals surface area contributed by atoms with Crippen molar-refractivity contribution in [3.63, 3.8) is 0 Å². The fourth-order valence-corrected chi connectivity index (χ4v) is 2.08. The standard InChI is InChI=1S/C13H16Cl2FNO/c1-3-18-6-4-5-17-9(2)10-7-13(16)12(15)8-11(10)14/h3,7-9,17H,1,4-6H2,2H3. The Kier molecular flexibility index (Phi) is 6.47. The third-order valence-electron chi connectivity index (χ3n) is 2.51. The highest BCUT2D eigenvalue weighted by molar-refractivity contribution is 6.35. The van der Waals surface area contributed by atoms with E-state index >= 15 is 0 Å². The molecule has 0 fully saturated rings. The molecular formula is C13H16Cl2FNO. The molecule has 1 N–H and O–H groups in total. The second kappa shape index (κ2) is 7.62. The first-order chi connectivity index (χ1) is 8.56. The smallest absolute Gasteiger partial charge is 0.142 e. The summed E-state index contributed by atoms with van der Waals surface area (Å²) in [5.74, 6) is -0.459. The van der Waals surface area contributed by atoms with Gasteiger partial charge in [-0.15, -0.1) is 0 Å². The molecule has 1 aromatic carbocycles. The largest absolute Gasteiger partial charge is 0.502 e. The molecular weight excluding hydrogens is 276 g/mol. The zero-order chi connectivity index (χ0) is 13.5. The molecule has 2 nitrogen and oxygen atoms in total. The average Bonchev–Trinajstić information content (AvgIpc) is 2.33. The molecule has 0 aliphatic heterocycles. The maximum atomic E-state index is 13.4. The van der Waals surface area contributed by atoms with E-state index in [2.05, 4.69) is 11.9 Å². The molecule has 1 unspecified atom stereocenters. The zero-order valence-electron chi connectivity index (χ0n) is 10.2. The molecule has 0 bridgehead atoms. The summed E-state index contributed by atoms with van der Waals surface area (Å²) in [6.45, 7) is 6.72. The van der Waals surface area contributed by atoms with Crippen LogP contribution < -0.4 is 5.32 Å². The molecule has 0 aliphatic carbocycles. The Hall–Kier alpha value is -0.770. The second-order valence-corrected chi connectivity index (χ2v) is 4.67. The van der Waals surface area contributed by atoms with Crippen LogP contribution in [-0.4, -0.2) is 13.2 Å². The third kappa shape index (κ3) is 4.48. The first kappa shape index (κ1) is 15.3. The number of nitrogens with one attached hydrogen (secondary N) is 1. The molecule has 0 spiro atoms. The van der Waals surface area contributed by atoms with Crippen LogP contribution in [0.15, 0.2) is 25.0 Å². The number of halogens is 3. The minimum absolute atomic E-state index is 0.0373. The first-order valence-corrected chi connectivity index (χ1v) is 6.42. The lowest BCUT2D eigenvalue weighted by molar-refractivity contribution is 0.243. The van der Waals surface area contributed by atoms with Gasteiger partial charge in [-0.05, 0) is 37.6 Å². The van der Waals surface area contributed by atoms with E-state index in [1.807, 2.05) is 6.92 Å². The first-order valence-electron chi connectivity index (χ1n) is 5.66. The SMILES string of the molecule is C=COCCCNC(C)c1cc(F)c(Cl)cc1Cl.